The smallest absolute Gasteiger partial charge is 0.0541 e. The zero-order valence-electron chi connectivity index (χ0n) is 21.9. The van der Waals surface area contributed by atoms with Crippen LogP contribution in [0.2, 0.25) is 0 Å². The number of aryl methyl sites for hydroxylation is 2. The molecule has 5 aromatic carbocycles. The van der Waals surface area contributed by atoms with Gasteiger partial charge in [0, 0.05) is 38.6 Å². The molecule has 2 heterocycles. The van der Waals surface area contributed by atoms with Gasteiger partial charge in [-0.1, -0.05) is 84.4 Å². The largest absolute Gasteiger partial charge is 0.358 e. The molecule has 0 saturated heterocycles. The molecule has 1 aliphatic rings. The number of aromatic amines is 1. The van der Waals surface area contributed by atoms with Crippen molar-refractivity contribution in [3.05, 3.63) is 132 Å². The van der Waals surface area contributed by atoms with E-state index < -0.39 is 0 Å². The van der Waals surface area contributed by atoms with Crippen LogP contribution in [0.3, 0.4) is 0 Å². The van der Waals surface area contributed by atoms with Crippen LogP contribution in [-0.2, 0) is 6.42 Å². The maximum atomic E-state index is 3.61. The summed E-state index contributed by atoms with van der Waals surface area (Å²) >= 11 is 0. The van der Waals surface area contributed by atoms with Gasteiger partial charge in [-0.25, -0.2) is 0 Å². The normalized spacial score (nSPS) is 12.9. The fraction of sp³-hybridized carbons (Fsp3) is 0.0811. The average Bonchev–Trinajstić information content (AvgIpc) is 3.53. The van der Waals surface area contributed by atoms with Gasteiger partial charge in [-0.05, 0) is 84.5 Å². The van der Waals surface area contributed by atoms with Gasteiger partial charge < -0.3 is 9.55 Å². The predicted octanol–water partition coefficient (Wildman–Crippen LogP) is 9.87. The summed E-state index contributed by atoms with van der Waals surface area (Å²) in [6.07, 6.45) is 6.77. The Hall–Kier alpha value is -4.82. The fourth-order valence-corrected chi connectivity index (χ4v) is 6.24. The summed E-state index contributed by atoms with van der Waals surface area (Å²) in [5, 5.41) is 3.88. The van der Waals surface area contributed by atoms with Gasteiger partial charge in [0.15, 0.2) is 0 Å². The number of aromatic nitrogens is 2. The molecule has 186 valence electrons. The molecule has 8 rings (SSSR count). The maximum absolute atomic E-state index is 3.61. The first-order valence-electron chi connectivity index (χ1n) is 13.8. The van der Waals surface area contributed by atoms with E-state index in [4.69, 9.17) is 0 Å². The van der Waals surface area contributed by atoms with E-state index in [0.717, 1.165) is 12.8 Å². The summed E-state index contributed by atoms with van der Waals surface area (Å²) < 4.78 is 2.38. The monoisotopic (exact) mass is 500 g/mol. The molecular formula is C37H28N2. The molecule has 0 aliphatic heterocycles. The first-order chi connectivity index (χ1) is 19.2. The van der Waals surface area contributed by atoms with Gasteiger partial charge in [-0.2, -0.15) is 0 Å². The van der Waals surface area contributed by atoms with E-state index in [1.54, 1.807) is 0 Å². The van der Waals surface area contributed by atoms with Crippen LogP contribution in [0.1, 0.15) is 23.2 Å². The summed E-state index contributed by atoms with van der Waals surface area (Å²) in [5.41, 5.74) is 13.8. The third-order valence-electron chi connectivity index (χ3n) is 8.28. The van der Waals surface area contributed by atoms with Crippen LogP contribution in [-0.4, -0.2) is 9.55 Å². The second-order valence-electron chi connectivity index (χ2n) is 10.7. The number of nitrogens with zero attached hydrogens (tertiary/aromatic N) is 1. The molecule has 2 aromatic heterocycles. The van der Waals surface area contributed by atoms with Crippen molar-refractivity contribution in [1.82, 2.24) is 9.55 Å². The zero-order valence-corrected chi connectivity index (χ0v) is 21.9. The van der Waals surface area contributed by atoms with Crippen LogP contribution in [0, 0.1) is 6.92 Å². The fourth-order valence-electron chi connectivity index (χ4n) is 6.24. The Bertz CT molecular complexity index is 2050. The second-order valence-corrected chi connectivity index (χ2v) is 10.7. The molecule has 2 nitrogen and oxygen atoms in total. The highest BCUT2D eigenvalue weighted by molar-refractivity contribution is 6.10. The van der Waals surface area contributed by atoms with Gasteiger partial charge in [0.1, 0.15) is 0 Å². The van der Waals surface area contributed by atoms with Crippen LogP contribution in [0.4, 0.5) is 0 Å². The highest BCUT2D eigenvalue weighted by Gasteiger charge is 2.14. The Morgan fingerprint density at radius 1 is 0.615 bits per heavy atom. The molecule has 1 N–H and O–H groups in total. The number of benzene rings is 5. The third-order valence-corrected chi connectivity index (χ3v) is 8.28. The lowest BCUT2D eigenvalue weighted by molar-refractivity contribution is 0.951. The molecule has 0 atom stereocenters. The van der Waals surface area contributed by atoms with Crippen LogP contribution in [0.25, 0.3) is 66.7 Å². The maximum Gasteiger partial charge on any atom is 0.0541 e. The van der Waals surface area contributed by atoms with Crippen LogP contribution >= 0.6 is 0 Å². The number of hydrogen-bond acceptors (Lipinski definition) is 0. The molecule has 0 radical (unpaired) electrons. The Morgan fingerprint density at radius 3 is 2.08 bits per heavy atom. The van der Waals surface area contributed by atoms with Crippen molar-refractivity contribution in [1.29, 1.82) is 0 Å². The van der Waals surface area contributed by atoms with Crippen molar-refractivity contribution in [2.45, 2.75) is 19.8 Å². The van der Waals surface area contributed by atoms with E-state index in [0.29, 0.717) is 0 Å². The van der Waals surface area contributed by atoms with E-state index in [-0.39, 0.29) is 0 Å². The summed E-state index contributed by atoms with van der Waals surface area (Å²) in [6.45, 7) is 2.14. The summed E-state index contributed by atoms with van der Waals surface area (Å²) in [5.74, 6) is 0. The minimum Gasteiger partial charge on any atom is -0.358 e. The van der Waals surface area contributed by atoms with Crippen molar-refractivity contribution < 1.29 is 0 Å². The number of allylic oxidation sites excluding steroid dienone is 1. The zero-order chi connectivity index (χ0) is 25.9. The van der Waals surface area contributed by atoms with E-state index >= 15 is 0 Å². The van der Waals surface area contributed by atoms with Crippen molar-refractivity contribution in [2.24, 2.45) is 0 Å². The molecule has 1 aliphatic carbocycles. The molecule has 0 fully saturated rings. The molecule has 0 unspecified atom stereocenters. The molecule has 0 saturated carbocycles. The first-order valence-corrected chi connectivity index (χ1v) is 13.8. The van der Waals surface area contributed by atoms with Gasteiger partial charge in [0.05, 0.1) is 11.0 Å². The van der Waals surface area contributed by atoms with Crippen LogP contribution in [0.5, 0.6) is 0 Å². The lowest BCUT2D eigenvalue weighted by Gasteiger charge is -2.09. The second kappa shape index (κ2) is 8.61. The number of rotatable bonds is 3. The standard InChI is InChI=1S/C37H28N2/c1-24-10-18-29(19-11-24)39-36-9-5-3-7-31(36)33-23-28(17-21-37(33)39)26-14-12-25(13-15-26)27-16-20-35-32(22-27)30-6-2-4-8-34(30)38-35/h2-3,5-7,9-23,38H,4,8H2,1H3. The third kappa shape index (κ3) is 3.56. The average molecular weight is 501 g/mol. The highest BCUT2D eigenvalue weighted by atomic mass is 15.0. The van der Waals surface area contributed by atoms with E-state index in [9.17, 15) is 0 Å². The number of nitrogens with one attached hydrogen (secondary N) is 1. The summed E-state index contributed by atoms with van der Waals surface area (Å²) in [6, 6.07) is 40.2. The molecule has 2 heteroatoms. The minimum atomic E-state index is 1.10. The molecular weight excluding hydrogens is 472 g/mol. The Balaban J connectivity index is 1.20. The molecule has 0 amide bonds. The number of para-hydroxylation sites is 1. The van der Waals surface area contributed by atoms with Gasteiger partial charge in [0.2, 0.25) is 0 Å². The molecule has 39 heavy (non-hydrogen) atoms. The van der Waals surface area contributed by atoms with Crippen molar-refractivity contribution >= 4 is 38.8 Å². The van der Waals surface area contributed by atoms with Crippen molar-refractivity contribution in [3.8, 4) is 27.9 Å². The van der Waals surface area contributed by atoms with E-state index in [1.807, 2.05) is 0 Å². The van der Waals surface area contributed by atoms with E-state index in [1.165, 1.54) is 77.5 Å². The summed E-state index contributed by atoms with van der Waals surface area (Å²) in [4.78, 5) is 3.61. The Labute approximate surface area is 227 Å². The van der Waals surface area contributed by atoms with Gasteiger partial charge in [-0.3, -0.25) is 0 Å². The SMILES string of the molecule is Cc1ccc(-n2c3ccccc3c3cc(-c4ccc(-c5ccc6[nH]c7c(c6c5)C=CCC7)cc4)ccc32)cc1. The lowest BCUT2D eigenvalue weighted by Crippen LogP contribution is -1.93. The number of H-pyrrole nitrogens is 1. The molecule has 0 spiro atoms. The predicted molar refractivity (Wildman–Crippen MR) is 166 cm³/mol. The Morgan fingerprint density at radius 2 is 1.28 bits per heavy atom. The molecule has 0 bridgehead atoms. The van der Waals surface area contributed by atoms with Crippen LogP contribution < -0.4 is 0 Å². The number of hydrogen-bond donors (Lipinski definition) is 1. The van der Waals surface area contributed by atoms with E-state index in [2.05, 4.69) is 138 Å². The minimum absolute atomic E-state index is 1.10. The lowest BCUT2D eigenvalue weighted by atomic mass is 9.97. The van der Waals surface area contributed by atoms with Gasteiger partial charge in [-0.15, -0.1) is 0 Å². The topological polar surface area (TPSA) is 20.7 Å². The van der Waals surface area contributed by atoms with Gasteiger partial charge >= 0.3 is 0 Å². The Kier molecular flexibility index (Phi) is 4.90. The molecule has 7 aromatic rings. The van der Waals surface area contributed by atoms with Crippen molar-refractivity contribution in [3.63, 3.8) is 0 Å². The summed E-state index contributed by atoms with van der Waals surface area (Å²) in [7, 11) is 0. The first kappa shape index (κ1) is 22.2. The number of fused-ring (bicyclic) bond motifs is 6. The quantitative estimate of drug-likeness (QED) is 0.249. The van der Waals surface area contributed by atoms with Gasteiger partial charge in [0.25, 0.3) is 0 Å². The van der Waals surface area contributed by atoms with Crippen molar-refractivity contribution in [2.75, 3.05) is 0 Å². The highest BCUT2D eigenvalue weighted by Crippen LogP contribution is 2.36. The van der Waals surface area contributed by atoms with Crippen LogP contribution in [0.15, 0.2) is 115 Å².